The van der Waals surface area contributed by atoms with Crippen molar-refractivity contribution in [1.29, 1.82) is 0 Å². The quantitative estimate of drug-likeness (QED) is 0.160. The van der Waals surface area contributed by atoms with Crippen LogP contribution >= 0.6 is 35.3 Å². The molecule has 0 fully saturated rings. The predicted molar refractivity (Wildman–Crippen MR) is 132 cm³/mol. The fourth-order valence-corrected chi connectivity index (χ4v) is 3.39. The van der Waals surface area contributed by atoms with Crippen LogP contribution in [0.4, 0.5) is 0 Å². The lowest BCUT2D eigenvalue weighted by Gasteiger charge is -2.21. The maximum Gasteiger partial charge on any atom is 0.261 e. The van der Waals surface area contributed by atoms with Crippen LogP contribution in [0.1, 0.15) is 56.6 Å². The van der Waals surface area contributed by atoms with Gasteiger partial charge in [0.05, 0.1) is 4.88 Å². The molecule has 0 aliphatic heterocycles. The molecule has 28 heavy (non-hydrogen) atoms. The molecule has 1 aromatic rings. The molecule has 3 N–H and O–H groups in total. The zero-order valence-corrected chi connectivity index (χ0v) is 20.9. The highest BCUT2D eigenvalue weighted by Gasteiger charge is 2.07. The molecule has 1 amide bonds. The van der Waals surface area contributed by atoms with E-state index in [9.17, 15) is 4.79 Å². The molecule has 0 saturated heterocycles. The fraction of sp³-hybridized carbons (Fsp3) is 0.700. The average molecular weight is 524 g/mol. The first-order valence-corrected chi connectivity index (χ1v) is 11.1. The van der Waals surface area contributed by atoms with Gasteiger partial charge in [0.25, 0.3) is 5.91 Å². The molecule has 0 aliphatic rings. The SMILES string of the molecule is CCNC(=NCCCNC(=O)c1cccs1)NC(C)CCCN(CC)CC.I. The summed E-state index contributed by atoms with van der Waals surface area (Å²) in [6.45, 7) is 14.2. The monoisotopic (exact) mass is 523 g/mol. The van der Waals surface area contributed by atoms with Crippen molar-refractivity contribution in [2.75, 3.05) is 39.3 Å². The number of hydrogen-bond donors (Lipinski definition) is 3. The van der Waals surface area contributed by atoms with Crippen molar-refractivity contribution in [3.63, 3.8) is 0 Å². The molecule has 1 heterocycles. The second kappa shape index (κ2) is 17.0. The van der Waals surface area contributed by atoms with E-state index in [-0.39, 0.29) is 29.9 Å². The number of carbonyl (C=O) groups is 1. The van der Waals surface area contributed by atoms with Gasteiger partial charge in [-0.2, -0.15) is 0 Å². The minimum atomic E-state index is 0. The van der Waals surface area contributed by atoms with Crippen LogP contribution in [0.3, 0.4) is 0 Å². The molecule has 1 rings (SSSR count). The van der Waals surface area contributed by atoms with Crippen LogP contribution < -0.4 is 16.0 Å². The first kappa shape index (κ1) is 27.1. The van der Waals surface area contributed by atoms with Gasteiger partial charge in [-0.25, -0.2) is 0 Å². The molecule has 8 heteroatoms. The van der Waals surface area contributed by atoms with Crippen molar-refractivity contribution in [3.8, 4) is 0 Å². The number of thiophene rings is 1. The molecule has 0 spiro atoms. The Labute approximate surface area is 192 Å². The van der Waals surface area contributed by atoms with Crippen molar-refractivity contribution < 1.29 is 4.79 Å². The summed E-state index contributed by atoms with van der Waals surface area (Å²) in [6, 6.07) is 4.12. The highest BCUT2D eigenvalue weighted by molar-refractivity contribution is 14.0. The Bertz CT molecular complexity index is 535. The maximum atomic E-state index is 11.9. The number of rotatable bonds is 13. The molecular weight excluding hydrogens is 485 g/mol. The van der Waals surface area contributed by atoms with Gasteiger partial charge in [-0.15, -0.1) is 35.3 Å². The summed E-state index contributed by atoms with van der Waals surface area (Å²) in [6.07, 6.45) is 3.13. The van der Waals surface area contributed by atoms with E-state index in [0.717, 1.165) is 49.9 Å². The van der Waals surface area contributed by atoms with Gasteiger partial charge in [-0.1, -0.05) is 19.9 Å². The molecule has 0 saturated carbocycles. The number of amides is 1. The number of carbonyl (C=O) groups excluding carboxylic acids is 1. The summed E-state index contributed by atoms with van der Waals surface area (Å²) in [5.74, 6) is 0.859. The number of nitrogens with one attached hydrogen (secondary N) is 3. The van der Waals surface area contributed by atoms with Crippen LogP contribution in [0.5, 0.6) is 0 Å². The van der Waals surface area contributed by atoms with E-state index < -0.39 is 0 Å². The van der Waals surface area contributed by atoms with Gasteiger partial charge in [-0.3, -0.25) is 9.79 Å². The Kier molecular flexibility index (Phi) is 16.5. The third-order valence-corrected chi connectivity index (χ3v) is 5.24. The van der Waals surface area contributed by atoms with Crippen molar-refractivity contribution in [2.45, 2.75) is 53.0 Å². The van der Waals surface area contributed by atoms with Crippen LogP contribution in [-0.4, -0.2) is 62.1 Å². The first-order chi connectivity index (χ1) is 13.1. The third kappa shape index (κ3) is 11.9. The Hall–Kier alpha value is -0.870. The second-order valence-electron chi connectivity index (χ2n) is 6.56. The first-order valence-electron chi connectivity index (χ1n) is 10.2. The lowest BCUT2D eigenvalue weighted by molar-refractivity contribution is 0.0957. The summed E-state index contributed by atoms with van der Waals surface area (Å²) in [4.78, 5) is 19.7. The molecule has 0 aromatic carbocycles. The van der Waals surface area contributed by atoms with Gasteiger partial charge >= 0.3 is 0 Å². The molecule has 0 bridgehead atoms. The number of hydrogen-bond acceptors (Lipinski definition) is 4. The Balaban J connectivity index is 0.00000729. The minimum Gasteiger partial charge on any atom is -0.357 e. The molecule has 1 unspecified atom stereocenters. The van der Waals surface area contributed by atoms with Gasteiger partial charge in [-0.05, 0) is 64.2 Å². The van der Waals surface area contributed by atoms with Crippen LogP contribution in [0.2, 0.25) is 0 Å². The zero-order chi connectivity index (χ0) is 19.9. The van der Waals surface area contributed by atoms with E-state index in [1.807, 2.05) is 17.5 Å². The van der Waals surface area contributed by atoms with Crippen molar-refractivity contribution in [2.24, 2.45) is 4.99 Å². The summed E-state index contributed by atoms with van der Waals surface area (Å²) >= 11 is 1.46. The average Bonchev–Trinajstić information content (AvgIpc) is 3.20. The van der Waals surface area contributed by atoms with Gasteiger partial charge in [0.2, 0.25) is 0 Å². The normalized spacial score (nSPS) is 12.4. The van der Waals surface area contributed by atoms with Crippen LogP contribution in [-0.2, 0) is 0 Å². The summed E-state index contributed by atoms with van der Waals surface area (Å²) in [7, 11) is 0. The zero-order valence-electron chi connectivity index (χ0n) is 17.8. The van der Waals surface area contributed by atoms with E-state index in [1.54, 1.807) is 0 Å². The van der Waals surface area contributed by atoms with Crippen molar-refractivity contribution >= 4 is 47.2 Å². The van der Waals surface area contributed by atoms with Crippen molar-refractivity contribution in [1.82, 2.24) is 20.9 Å². The Morgan fingerprint density at radius 2 is 1.96 bits per heavy atom. The summed E-state index contributed by atoms with van der Waals surface area (Å²) < 4.78 is 0. The Morgan fingerprint density at radius 3 is 2.57 bits per heavy atom. The van der Waals surface area contributed by atoms with E-state index >= 15 is 0 Å². The third-order valence-electron chi connectivity index (χ3n) is 4.37. The number of halogens is 1. The summed E-state index contributed by atoms with van der Waals surface area (Å²) in [5.41, 5.74) is 0. The van der Waals surface area contributed by atoms with Gasteiger partial charge < -0.3 is 20.9 Å². The van der Waals surface area contributed by atoms with Gasteiger partial charge in [0, 0.05) is 25.7 Å². The molecule has 1 atom stereocenters. The Morgan fingerprint density at radius 1 is 1.21 bits per heavy atom. The van der Waals surface area contributed by atoms with E-state index in [4.69, 9.17) is 0 Å². The molecule has 1 aromatic heterocycles. The minimum absolute atomic E-state index is 0. The summed E-state index contributed by atoms with van der Waals surface area (Å²) in [5, 5.41) is 11.6. The lowest BCUT2D eigenvalue weighted by Crippen LogP contribution is -2.42. The number of guanidine groups is 1. The molecule has 0 radical (unpaired) electrons. The van der Waals surface area contributed by atoms with E-state index in [0.29, 0.717) is 19.1 Å². The topological polar surface area (TPSA) is 68.8 Å². The van der Waals surface area contributed by atoms with Crippen LogP contribution in [0.25, 0.3) is 0 Å². The van der Waals surface area contributed by atoms with Crippen LogP contribution in [0.15, 0.2) is 22.5 Å². The van der Waals surface area contributed by atoms with Crippen molar-refractivity contribution in [3.05, 3.63) is 22.4 Å². The van der Waals surface area contributed by atoms with Crippen LogP contribution in [0, 0.1) is 0 Å². The fourth-order valence-electron chi connectivity index (χ4n) is 2.75. The number of nitrogens with zero attached hydrogens (tertiary/aromatic N) is 2. The lowest BCUT2D eigenvalue weighted by atomic mass is 10.2. The highest BCUT2D eigenvalue weighted by atomic mass is 127. The molecule has 6 nitrogen and oxygen atoms in total. The van der Waals surface area contributed by atoms with Gasteiger partial charge in [0.1, 0.15) is 0 Å². The largest absolute Gasteiger partial charge is 0.357 e. The second-order valence-corrected chi connectivity index (χ2v) is 7.51. The van der Waals surface area contributed by atoms with E-state index in [2.05, 4.69) is 53.5 Å². The number of aliphatic imine (C=N–C) groups is 1. The molecular formula is C20H38IN5OS. The molecule has 0 aliphatic carbocycles. The predicted octanol–water partition coefficient (Wildman–Crippen LogP) is 3.55. The van der Waals surface area contributed by atoms with E-state index in [1.165, 1.54) is 17.8 Å². The van der Waals surface area contributed by atoms with Gasteiger partial charge in [0.15, 0.2) is 5.96 Å². The smallest absolute Gasteiger partial charge is 0.261 e. The standard InChI is InChI=1S/C20H37N5OS.HI/c1-5-21-20(24-17(4)11-8-15-25(6-2)7-3)23-14-10-13-22-19(26)18-12-9-16-27-18;/h9,12,16-17H,5-8,10-11,13-15H2,1-4H3,(H,22,26)(H2,21,23,24);1H. The highest BCUT2D eigenvalue weighted by Crippen LogP contribution is 2.07. The molecule has 162 valence electrons. The maximum absolute atomic E-state index is 11.9.